The van der Waals surface area contributed by atoms with Gasteiger partial charge in [0.1, 0.15) is 12.3 Å². The van der Waals surface area contributed by atoms with Gasteiger partial charge in [-0.3, -0.25) is 9.59 Å². The van der Waals surface area contributed by atoms with Crippen LogP contribution in [-0.2, 0) is 9.59 Å². The Balaban J connectivity index is 0.000000578. The van der Waals surface area contributed by atoms with E-state index in [0.29, 0.717) is 30.0 Å². The Morgan fingerprint density at radius 3 is 2.48 bits per heavy atom. The van der Waals surface area contributed by atoms with Crippen molar-refractivity contribution in [3.63, 3.8) is 0 Å². The summed E-state index contributed by atoms with van der Waals surface area (Å²) >= 11 is 6.27. The molecular formula is C26H36ClN3O3. The summed E-state index contributed by atoms with van der Waals surface area (Å²) in [7, 11) is 0. The molecule has 1 unspecified atom stereocenters. The van der Waals surface area contributed by atoms with Crippen molar-refractivity contribution in [3.05, 3.63) is 52.4 Å². The zero-order valence-electron chi connectivity index (χ0n) is 20.5. The van der Waals surface area contributed by atoms with E-state index >= 15 is 0 Å². The van der Waals surface area contributed by atoms with E-state index in [4.69, 9.17) is 18.0 Å². The number of hydrogen-bond acceptors (Lipinski definition) is 4. The van der Waals surface area contributed by atoms with Crippen molar-refractivity contribution in [2.45, 2.75) is 72.9 Å². The molecule has 0 bridgehead atoms. The number of nitrogens with one attached hydrogen (secondary N) is 1. The number of likely N-dealkylation sites (tertiary alicyclic amines) is 1. The highest BCUT2D eigenvalue weighted by molar-refractivity contribution is 6.31. The van der Waals surface area contributed by atoms with E-state index in [0.717, 1.165) is 17.7 Å². The highest BCUT2D eigenvalue weighted by atomic mass is 35.5. The van der Waals surface area contributed by atoms with Crippen LogP contribution in [-0.4, -0.2) is 34.5 Å². The van der Waals surface area contributed by atoms with E-state index in [2.05, 4.69) is 20.9 Å². The van der Waals surface area contributed by atoms with Gasteiger partial charge >= 0.3 is 0 Å². The Morgan fingerprint density at radius 1 is 1.30 bits per heavy atom. The monoisotopic (exact) mass is 473 g/mol. The number of halogens is 1. The second-order valence-electron chi connectivity index (χ2n) is 8.09. The van der Waals surface area contributed by atoms with Gasteiger partial charge in [-0.1, -0.05) is 56.4 Å². The van der Waals surface area contributed by atoms with Crippen LogP contribution in [0.2, 0.25) is 5.02 Å². The van der Waals surface area contributed by atoms with Crippen molar-refractivity contribution in [3.8, 4) is 12.3 Å². The van der Waals surface area contributed by atoms with Crippen LogP contribution in [0.25, 0.3) is 0 Å². The summed E-state index contributed by atoms with van der Waals surface area (Å²) in [5.41, 5.74) is 2.44. The van der Waals surface area contributed by atoms with Gasteiger partial charge in [0.2, 0.25) is 11.8 Å². The quantitative estimate of drug-likeness (QED) is 0.578. The van der Waals surface area contributed by atoms with Crippen LogP contribution in [0.4, 0.5) is 0 Å². The molecule has 0 spiro atoms. The predicted molar refractivity (Wildman–Crippen MR) is 133 cm³/mol. The Morgan fingerprint density at radius 2 is 2.00 bits per heavy atom. The largest absolute Gasteiger partial charge is 0.365 e. The Bertz CT molecular complexity index is 919. The van der Waals surface area contributed by atoms with Crippen molar-refractivity contribution < 1.29 is 14.1 Å². The molecule has 0 saturated carbocycles. The Hall–Kier alpha value is -2.78. The predicted octanol–water partition coefficient (Wildman–Crippen LogP) is 5.54. The minimum Gasteiger partial charge on any atom is -0.365 e. The molecule has 1 aliphatic heterocycles. The van der Waals surface area contributed by atoms with Crippen LogP contribution in [0.15, 0.2) is 35.1 Å². The second kappa shape index (κ2) is 14.4. The number of benzene rings is 1. The molecule has 1 aliphatic rings. The molecule has 1 N–H and O–H groups in total. The molecule has 1 saturated heterocycles. The van der Waals surface area contributed by atoms with Crippen LogP contribution in [0.1, 0.15) is 76.7 Å². The number of aromatic nitrogens is 1. The number of hydrogen-bond donors (Lipinski definition) is 1. The lowest BCUT2D eigenvalue weighted by Crippen LogP contribution is -2.46. The van der Waals surface area contributed by atoms with Crippen molar-refractivity contribution >= 4 is 23.4 Å². The van der Waals surface area contributed by atoms with Gasteiger partial charge in [-0.2, -0.15) is 0 Å². The van der Waals surface area contributed by atoms with Crippen molar-refractivity contribution in [2.24, 2.45) is 5.92 Å². The van der Waals surface area contributed by atoms with Crippen molar-refractivity contribution in [1.29, 1.82) is 0 Å². The fourth-order valence-corrected chi connectivity index (χ4v) is 3.78. The maximum atomic E-state index is 12.7. The molecule has 2 amide bonds. The average Bonchev–Trinajstić information content (AvgIpc) is 3.46. The first-order valence-electron chi connectivity index (χ1n) is 11.5. The number of aryl methyl sites for hydroxylation is 1. The highest BCUT2D eigenvalue weighted by Gasteiger charge is 2.34. The molecule has 6 nitrogen and oxygen atoms in total. The first-order chi connectivity index (χ1) is 15.7. The topological polar surface area (TPSA) is 75.4 Å². The number of terminal acetylenes is 1. The summed E-state index contributed by atoms with van der Waals surface area (Å²) in [6, 6.07) is 6.51. The lowest BCUT2D eigenvalue weighted by molar-refractivity contribution is -0.139. The molecule has 180 valence electrons. The van der Waals surface area contributed by atoms with E-state index in [-0.39, 0.29) is 23.8 Å². The summed E-state index contributed by atoms with van der Waals surface area (Å²) in [6.45, 7) is 12.4. The number of nitrogens with zero attached hydrogens (tertiary/aromatic N) is 2. The molecule has 3 rings (SSSR count). The molecule has 1 aromatic carbocycles. The number of carbonyl (C=O) groups excluding carboxylic acids is 2. The normalized spacial score (nSPS) is 15.5. The molecule has 33 heavy (non-hydrogen) atoms. The molecule has 2 atom stereocenters. The van der Waals surface area contributed by atoms with Gasteiger partial charge in [-0.25, -0.2) is 0 Å². The smallest absolute Gasteiger partial charge is 0.243 e. The fourth-order valence-electron chi connectivity index (χ4n) is 3.43. The van der Waals surface area contributed by atoms with Gasteiger partial charge in [-0.15, -0.1) is 6.42 Å². The third-order valence-electron chi connectivity index (χ3n) is 5.02. The minimum atomic E-state index is -0.391. The summed E-state index contributed by atoms with van der Waals surface area (Å²) in [5.74, 6) is 2.75. The zero-order valence-corrected chi connectivity index (χ0v) is 21.3. The van der Waals surface area contributed by atoms with Gasteiger partial charge in [0.25, 0.3) is 0 Å². The lowest BCUT2D eigenvalue weighted by atomic mass is 10.0. The molecule has 2 aromatic rings. The number of amides is 2. The van der Waals surface area contributed by atoms with Crippen LogP contribution >= 0.6 is 11.6 Å². The van der Waals surface area contributed by atoms with Crippen LogP contribution in [0.3, 0.4) is 0 Å². The average molecular weight is 474 g/mol. The SMILES string of the molecule is C#Cc1ccc([C@H](C)NC(=O)C2CCCN2C(=O)CC(C)C)c(Cl)c1.CC.Cc1ccon1. The number of rotatable bonds is 5. The van der Waals surface area contributed by atoms with Gasteiger partial charge in [0.05, 0.1) is 11.7 Å². The molecule has 0 radical (unpaired) electrons. The molecule has 1 fully saturated rings. The summed E-state index contributed by atoms with van der Waals surface area (Å²) in [4.78, 5) is 26.8. The zero-order chi connectivity index (χ0) is 25.0. The fraction of sp³-hybridized carbons (Fsp3) is 0.500. The van der Waals surface area contributed by atoms with E-state index in [1.54, 1.807) is 29.4 Å². The third-order valence-corrected chi connectivity index (χ3v) is 5.35. The molecular weight excluding hydrogens is 438 g/mol. The lowest BCUT2D eigenvalue weighted by Gasteiger charge is -2.26. The Labute approximate surface area is 203 Å². The maximum Gasteiger partial charge on any atom is 0.243 e. The van der Waals surface area contributed by atoms with Crippen LogP contribution in [0.5, 0.6) is 0 Å². The summed E-state index contributed by atoms with van der Waals surface area (Å²) in [5, 5.41) is 7.06. The van der Waals surface area contributed by atoms with Gasteiger partial charge < -0.3 is 14.7 Å². The van der Waals surface area contributed by atoms with E-state index in [1.165, 1.54) is 0 Å². The summed E-state index contributed by atoms with van der Waals surface area (Å²) < 4.78 is 4.46. The van der Waals surface area contributed by atoms with E-state index < -0.39 is 6.04 Å². The molecule has 2 heterocycles. The first kappa shape index (κ1) is 28.3. The van der Waals surface area contributed by atoms with Gasteiger partial charge in [0.15, 0.2) is 0 Å². The van der Waals surface area contributed by atoms with E-state index in [1.807, 2.05) is 47.6 Å². The second-order valence-corrected chi connectivity index (χ2v) is 8.50. The minimum absolute atomic E-state index is 0.0525. The van der Waals surface area contributed by atoms with Crippen molar-refractivity contribution in [2.75, 3.05) is 6.54 Å². The Kier molecular flexibility index (Phi) is 12.3. The molecule has 0 aliphatic carbocycles. The van der Waals surface area contributed by atoms with Crippen molar-refractivity contribution in [1.82, 2.24) is 15.4 Å². The molecule has 7 heteroatoms. The summed E-state index contributed by atoms with van der Waals surface area (Å²) in [6.07, 6.45) is 8.95. The maximum absolute atomic E-state index is 12.7. The molecule has 1 aromatic heterocycles. The standard InChI is InChI=1S/C20H25ClN2O2.C4H5NO.C2H6/c1-5-15-8-9-16(17(21)12-15)14(4)22-20(25)18-7-6-10-23(18)19(24)11-13(2)3;1-4-2-3-6-5-4;1-2/h1,8-9,12-14,18H,6-7,10-11H2,2-4H3,(H,22,25);2-3H,1H3;1-2H3/t14-,18?;;/m0../s1. The highest BCUT2D eigenvalue weighted by Crippen LogP contribution is 2.25. The van der Waals surface area contributed by atoms with Crippen LogP contribution < -0.4 is 5.32 Å². The van der Waals surface area contributed by atoms with Gasteiger partial charge in [0, 0.05) is 29.6 Å². The van der Waals surface area contributed by atoms with Crippen LogP contribution in [0, 0.1) is 25.2 Å². The third kappa shape index (κ3) is 8.94. The first-order valence-corrected chi connectivity index (χ1v) is 11.8. The van der Waals surface area contributed by atoms with E-state index in [9.17, 15) is 9.59 Å². The van der Waals surface area contributed by atoms with Gasteiger partial charge in [-0.05, 0) is 50.3 Å². The number of carbonyl (C=O) groups is 2.